The predicted molar refractivity (Wildman–Crippen MR) is 74.6 cm³/mol. The van der Waals surface area contributed by atoms with Gasteiger partial charge in [-0.25, -0.2) is 0 Å². The first kappa shape index (κ1) is 15.4. The number of non-ortho nitro benzene ring substituents is 1. The lowest BCUT2D eigenvalue weighted by Gasteiger charge is -2.25. The first-order valence-corrected chi connectivity index (χ1v) is 6.47. The molecule has 5 nitrogen and oxygen atoms in total. The molecule has 1 rings (SSSR count). The fourth-order valence-corrected chi connectivity index (χ4v) is 1.99. The Bertz CT molecular complexity index is 491. The monoisotopic (exact) mass is 284 g/mol. The first-order chi connectivity index (χ1) is 8.88. The Kier molecular flexibility index (Phi) is 5.30. The maximum absolute atomic E-state index is 12.3. The average Bonchev–Trinajstić information content (AvgIpc) is 2.37. The van der Waals surface area contributed by atoms with Crippen molar-refractivity contribution in [2.75, 3.05) is 7.05 Å². The Hall–Kier alpha value is -1.62. The van der Waals surface area contributed by atoms with E-state index in [-0.39, 0.29) is 28.2 Å². The van der Waals surface area contributed by atoms with Crippen molar-refractivity contribution in [3.05, 3.63) is 38.9 Å². The lowest BCUT2D eigenvalue weighted by Crippen LogP contribution is -2.35. The van der Waals surface area contributed by atoms with Crippen LogP contribution < -0.4 is 0 Å². The number of halogens is 1. The fraction of sp³-hybridized carbons (Fsp3) is 0.462. The normalized spacial score (nSPS) is 12.0. The highest BCUT2D eigenvalue weighted by Crippen LogP contribution is 2.24. The van der Waals surface area contributed by atoms with Gasteiger partial charge >= 0.3 is 0 Å². The molecule has 19 heavy (non-hydrogen) atoms. The Morgan fingerprint density at radius 1 is 1.53 bits per heavy atom. The van der Waals surface area contributed by atoms with Gasteiger partial charge in [0.15, 0.2) is 0 Å². The summed E-state index contributed by atoms with van der Waals surface area (Å²) in [6.07, 6.45) is 1.83. The van der Waals surface area contributed by atoms with Gasteiger partial charge in [-0.3, -0.25) is 14.9 Å². The van der Waals surface area contributed by atoms with Crippen molar-refractivity contribution in [3.63, 3.8) is 0 Å². The van der Waals surface area contributed by atoms with E-state index < -0.39 is 4.92 Å². The molecule has 0 aliphatic carbocycles. The molecule has 104 valence electrons. The largest absolute Gasteiger partial charge is 0.339 e. The van der Waals surface area contributed by atoms with Crippen LogP contribution in [0.25, 0.3) is 0 Å². The van der Waals surface area contributed by atoms with Crippen molar-refractivity contribution in [2.24, 2.45) is 0 Å². The summed E-state index contributed by atoms with van der Waals surface area (Å²) in [5.74, 6) is -0.297. The molecule has 0 saturated carbocycles. The lowest BCUT2D eigenvalue weighted by atomic mass is 10.1. The molecule has 0 bridgehead atoms. The van der Waals surface area contributed by atoms with Crippen molar-refractivity contribution in [2.45, 2.75) is 32.7 Å². The molecule has 1 amide bonds. The minimum atomic E-state index is -0.539. The van der Waals surface area contributed by atoms with Crippen LogP contribution in [0.2, 0.25) is 5.02 Å². The highest BCUT2D eigenvalue weighted by molar-refractivity contribution is 6.33. The summed E-state index contributed by atoms with van der Waals surface area (Å²) in [5, 5.41) is 11.0. The van der Waals surface area contributed by atoms with Crippen molar-refractivity contribution >= 4 is 23.2 Å². The molecular weight excluding hydrogens is 268 g/mol. The number of amides is 1. The smallest absolute Gasteiger partial charge is 0.270 e. The lowest BCUT2D eigenvalue weighted by molar-refractivity contribution is -0.384. The van der Waals surface area contributed by atoms with Crippen LogP contribution in [-0.4, -0.2) is 28.8 Å². The molecule has 0 saturated heterocycles. The van der Waals surface area contributed by atoms with E-state index in [1.807, 2.05) is 13.8 Å². The molecule has 1 atom stereocenters. The van der Waals surface area contributed by atoms with Gasteiger partial charge in [-0.15, -0.1) is 0 Å². The molecule has 0 heterocycles. The van der Waals surface area contributed by atoms with Crippen LogP contribution in [0, 0.1) is 10.1 Å². The molecule has 0 spiro atoms. The number of nitro benzene ring substituents is 1. The molecular formula is C13H17ClN2O3. The van der Waals surface area contributed by atoms with E-state index in [1.54, 1.807) is 11.9 Å². The fourth-order valence-electron chi connectivity index (χ4n) is 1.79. The Balaban J connectivity index is 3.04. The number of carbonyl (C=O) groups is 1. The molecule has 6 heteroatoms. The Morgan fingerprint density at radius 3 is 2.68 bits per heavy atom. The van der Waals surface area contributed by atoms with E-state index >= 15 is 0 Å². The van der Waals surface area contributed by atoms with Gasteiger partial charge in [0.05, 0.1) is 15.5 Å². The third-order valence-corrected chi connectivity index (χ3v) is 3.41. The molecule has 1 aromatic rings. The molecule has 0 aromatic heterocycles. The summed E-state index contributed by atoms with van der Waals surface area (Å²) in [6.45, 7) is 3.97. The number of nitro groups is 1. The van der Waals surface area contributed by atoms with Crippen LogP contribution in [0.15, 0.2) is 18.2 Å². The van der Waals surface area contributed by atoms with E-state index in [4.69, 9.17) is 11.6 Å². The highest BCUT2D eigenvalue weighted by atomic mass is 35.5. The summed E-state index contributed by atoms with van der Waals surface area (Å²) < 4.78 is 0. The van der Waals surface area contributed by atoms with Crippen LogP contribution in [0.1, 0.15) is 37.0 Å². The van der Waals surface area contributed by atoms with Gasteiger partial charge in [-0.05, 0) is 19.4 Å². The summed E-state index contributed by atoms with van der Waals surface area (Å²) in [5.41, 5.74) is 0.0330. The molecule has 0 aliphatic rings. The van der Waals surface area contributed by atoms with Gasteiger partial charge in [0.25, 0.3) is 11.6 Å². The number of nitrogens with zero attached hydrogens (tertiary/aromatic N) is 2. The Morgan fingerprint density at radius 2 is 2.16 bits per heavy atom. The Labute approximate surface area is 117 Å². The SMILES string of the molecule is CCCC(C)N(C)C(=O)c1cc([N+](=O)[O-])ccc1Cl. The maximum atomic E-state index is 12.3. The van der Waals surface area contributed by atoms with Gasteiger partial charge in [-0.1, -0.05) is 24.9 Å². The van der Waals surface area contributed by atoms with Gasteiger partial charge < -0.3 is 4.90 Å². The molecule has 0 aliphatic heterocycles. The zero-order valence-corrected chi connectivity index (χ0v) is 12.0. The second-order valence-corrected chi connectivity index (χ2v) is 4.88. The maximum Gasteiger partial charge on any atom is 0.270 e. The zero-order valence-electron chi connectivity index (χ0n) is 11.2. The standard InChI is InChI=1S/C13H17ClN2O3/c1-4-5-9(2)15(3)13(17)11-8-10(16(18)19)6-7-12(11)14/h6-9H,4-5H2,1-3H3. The molecule has 0 radical (unpaired) electrons. The molecule has 1 unspecified atom stereocenters. The van der Waals surface area contributed by atoms with Crippen molar-refractivity contribution < 1.29 is 9.72 Å². The van der Waals surface area contributed by atoms with Crippen LogP contribution in [0.5, 0.6) is 0 Å². The molecule has 0 N–H and O–H groups in total. The van der Waals surface area contributed by atoms with E-state index in [0.717, 1.165) is 12.8 Å². The number of hydrogen-bond donors (Lipinski definition) is 0. The highest BCUT2D eigenvalue weighted by Gasteiger charge is 2.21. The van der Waals surface area contributed by atoms with Crippen molar-refractivity contribution in [1.29, 1.82) is 0 Å². The third kappa shape index (κ3) is 3.67. The van der Waals surface area contributed by atoms with Gasteiger partial charge in [0, 0.05) is 25.2 Å². The number of benzene rings is 1. The second-order valence-electron chi connectivity index (χ2n) is 4.48. The predicted octanol–water partition coefficient (Wildman–Crippen LogP) is 3.51. The van der Waals surface area contributed by atoms with E-state index in [1.165, 1.54) is 18.2 Å². The summed E-state index contributed by atoms with van der Waals surface area (Å²) >= 11 is 5.95. The summed E-state index contributed by atoms with van der Waals surface area (Å²) in [6, 6.07) is 3.95. The van der Waals surface area contributed by atoms with Crippen molar-refractivity contribution in [1.82, 2.24) is 4.90 Å². The van der Waals surface area contributed by atoms with Crippen molar-refractivity contribution in [3.8, 4) is 0 Å². The number of carbonyl (C=O) groups excluding carboxylic acids is 1. The minimum absolute atomic E-state index is 0.0628. The van der Waals surface area contributed by atoms with E-state index in [9.17, 15) is 14.9 Å². The summed E-state index contributed by atoms with van der Waals surface area (Å²) in [4.78, 5) is 24.0. The quantitative estimate of drug-likeness (QED) is 0.614. The third-order valence-electron chi connectivity index (χ3n) is 3.08. The average molecular weight is 285 g/mol. The minimum Gasteiger partial charge on any atom is -0.339 e. The van der Waals surface area contributed by atoms with Crippen LogP contribution in [0.4, 0.5) is 5.69 Å². The van der Waals surface area contributed by atoms with Gasteiger partial charge in [-0.2, -0.15) is 0 Å². The molecule has 1 aromatic carbocycles. The molecule has 0 fully saturated rings. The second kappa shape index (κ2) is 6.52. The first-order valence-electron chi connectivity index (χ1n) is 6.09. The topological polar surface area (TPSA) is 63.5 Å². The number of rotatable bonds is 5. The van der Waals surface area contributed by atoms with Gasteiger partial charge in [0.1, 0.15) is 0 Å². The van der Waals surface area contributed by atoms with Crippen LogP contribution in [0.3, 0.4) is 0 Å². The number of hydrogen-bond acceptors (Lipinski definition) is 3. The van der Waals surface area contributed by atoms with E-state index in [2.05, 4.69) is 0 Å². The summed E-state index contributed by atoms with van der Waals surface area (Å²) in [7, 11) is 1.68. The van der Waals surface area contributed by atoms with Crippen LogP contribution in [-0.2, 0) is 0 Å². The van der Waals surface area contributed by atoms with Gasteiger partial charge in [0.2, 0.25) is 0 Å². The zero-order chi connectivity index (χ0) is 14.6. The van der Waals surface area contributed by atoms with E-state index in [0.29, 0.717) is 0 Å². The van der Waals surface area contributed by atoms with Crippen LogP contribution >= 0.6 is 11.6 Å².